The van der Waals surface area contributed by atoms with Crippen LogP contribution in [0.25, 0.3) is 11.1 Å². The number of hydrogen-bond acceptors (Lipinski definition) is 2. The largest absolute Gasteiger partial charge is 0.349 e. The van der Waals surface area contributed by atoms with Gasteiger partial charge in [-0.1, -0.05) is 36.4 Å². The van der Waals surface area contributed by atoms with E-state index in [2.05, 4.69) is 16.9 Å². The molecule has 0 fully saturated rings. The fourth-order valence-electron chi connectivity index (χ4n) is 1.62. The fourth-order valence-corrected chi connectivity index (χ4v) is 1.62. The van der Waals surface area contributed by atoms with Crippen LogP contribution in [0.4, 0.5) is 0 Å². The predicted octanol–water partition coefficient (Wildman–Crippen LogP) is 2.66. The van der Waals surface area contributed by atoms with Gasteiger partial charge in [-0.15, -0.1) is 6.58 Å². The number of carbonyl (C=O) groups is 1. The number of pyridine rings is 1. The number of aromatic nitrogens is 1. The van der Waals surface area contributed by atoms with Crippen molar-refractivity contribution < 1.29 is 4.79 Å². The summed E-state index contributed by atoms with van der Waals surface area (Å²) in [5.74, 6) is -0.139. The van der Waals surface area contributed by atoms with Gasteiger partial charge in [0.05, 0.1) is 5.56 Å². The molecule has 3 heteroatoms. The molecule has 0 radical (unpaired) electrons. The number of nitrogens with zero attached hydrogens (tertiary/aromatic N) is 1. The molecular formula is C15H14N2O. The molecule has 2 rings (SSSR count). The summed E-state index contributed by atoms with van der Waals surface area (Å²) in [6.45, 7) is 4.01. The molecule has 90 valence electrons. The minimum atomic E-state index is -0.139. The molecule has 2 aromatic rings. The highest BCUT2D eigenvalue weighted by Crippen LogP contribution is 2.18. The molecule has 0 spiro atoms. The summed E-state index contributed by atoms with van der Waals surface area (Å²) in [5, 5.41) is 2.73. The molecule has 1 heterocycles. The van der Waals surface area contributed by atoms with Crippen molar-refractivity contribution in [2.45, 2.75) is 0 Å². The van der Waals surface area contributed by atoms with E-state index in [0.717, 1.165) is 11.1 Å². The average molecular weight is 238 g/mol. The van der Waals surface area contributed by atoms with E-state index in [-0.39, 0.29) is 5.91 Å². The molecule has 1 N–H and O–H groups in total. The maximum Gasteiger partial charge on any atom is 0.253 e. The molecule has 0 saturated carbocycles. The van der Waals surface area contributed by atoms with Crippen molar-refractivity contribution in [3.8, 4) is 11.1 Å². The lowest BCUT2D eigenvalue weighted by Crippen LogP contribution is -2.23. The van der Waals surface area contributed by atoms with Crippen LogP contribution in [0.3, 0.4) is 0 Å². The summed E-state index contributed by atoms with van der Waals surface area (Å²) in [4.78, 5) is 15.9. The van der Waals surface area contributed by atoms with Gasteiger partial charge >= 0.3 is 0 Å². The summed E-state index contributed by atoms with van der Waals surface area (Å²) in [7, 11) is 0. The van der Waals surface area contributed by atoms with Crippen LogP contribution in [0.1, 0.15) is 10.4 Å². The van der Waals surface area contributed by atoms with E-state index in [1.54, 1.807) is 18.5 Å². The molecule has 1 aromatic heterocycles. The van der Waals surface area contributed by atoms with Crippen molar-refractivity contribution in [3.05, 3.63) is 67.0 Å². The molecule has 0 aliphatic rings. The minimum absolute atomic E-state index is 0.139. The first-order valence-corrected chi connectivity index (χ1v) is 5.71. The lowest BCUT2D eigenvalue weighted by atomic mass is 10.1. The topological polar surface area (TPSA) is 42.0 Å². The Labute approximate surface area is 106 Å². The smallest absolute Gasteiger partial charge is 0.253 e. The normalized spacial score (nSPS) is 9.78. The molecule has 1 amide bonds. The van der Waals surface area contributed by atoms with E-state index < -0.39 is 0 Å². The molecule has 0 saturated heterocycles. The maximum absolute atomic E-state index is 11.8. The number of benzene rings is 1. The third kappa shape index (κ3) is 2.83. The van der Waals surface area contributed by atoms with E-state index in [4.69, 9.17) is 0 Å². The molecule has 0 unspecified atom stereocenters. The second-order valence-corrected chi connectivity index (χ2v) is 3.83. The molecule has 1 aromatic carbocycles. The summed E-state index contributed by atoms with van der Waals surface area (Å²) < 4.78 is 0. The molecule has 18 heavy (non-hydrogen) atoms. The Kier molecular flexibility index (Phi) is 3.86. The first kappa shape index (κ1) is 12.0. The van der Waals surface area contributed by atoms with Crippen LogP contribution in [-0.2, 0) is 0 Å². The zero-order valence-electron chi connectivity index (χ0n) is 9.97. The van der Waals surface area contributed by atoms with Crippen LogP contribution in [0.5, 0.6) is 0 Å². The standard InChI is InChI=1S/C15H14N2O/c1-2-8-17-15(18)14-9-13(10-16-11-14)12-6-4-3-5-7-12/h2-7,9-11H,1,8H2,(H,17,18). The van der Waals surface area contributed by atoms with E-state index >= 15 is 0 Å². The van der Waals surface area contributed by atoms with Crippen molar-refractivity contribution in [1.29, 1.82) is 0 Å². The van der Waals surface area contributed by atoms with Gasteiger partial charge in [0, 0.05) is 24.5 Å². The fraction of sp³-hybridized carbons (Fsp3) is 0.0667. The number of amides is 1. The van der Waals surface area contributed by atoms with Crippen LogP contribution in [0.2, 0.25) is 0 Å². The quantitative estimate of drug-likeness (QED) is 0.832. The van der Waals surface area contributed by atoms with Crippen LogP contribution >= 0.6 is 0 Å². The lowest BCUT2D eigenvalue weighted by molar-refractivity contribution is 0.0957. The van der Waals surface area contributed by atoms with E-state index in [1.165, 1.54) is 0 Å². The van der Waals surface area contributed by atoms with E-state index in [0.29, 0.717) is 12.1 Å². The molecule has 0 aliphatic carbocycles. The van der Waals surface area contributed by atoms with Crippen molar-refractivity contribution in [2.75, 3.05) is 6.54 Å². The van der Waals surface area contributed by atoms with Crippen molar-refractivity contribution in [2.24, 2.45) is 0 Å². The van der Waals surface area contributed by atoms with Crippen LogP contribution in [-0.4, -0.2) is 17.4 Å². The van der Waals surface area contributed by atoms with Gasteiger partial charge in [0.25, 0.3) is 5.91 Å². The maximum atomic E-state index is 11.8. The Morgan fingerprint density at radius 2 is 2.00 bits per heavy atom. The Morgan fingerprint density at radius 1 is 1.22 bits per heavy atom. The van der Waals surface area contributed by atoms with Gasteiger partial charge < -0.3 is 5.32 Å². The van der Waals surface area contributed by atoms with Crippen molar-refractivity contribution >= 4 is 5.91 Å². The van der Waals surface area contributed by atoms with Gasteiger partial charge in [0.15, 0.2) is 0 Å². The van der Waals surface area contributed by atoms with Crippen molar-refractivity contribution in [1.82, 2.24) is 10.3 Å². The Hall–Kier alpha value is -2.42. The zero-order chi connectivity index (χ0) is 12.8. The van der Waals surface area contributed by atoms with Gasteiger partial charge in [-0.3, -0.25) is 9.78 Å². The second-order valence-electron chi connectivity index (χ2n) is 3.83. The van der Waals surface area contributed by atoms with Gasteiger partial charge in [-0.05, 0) is 11.6 Å². The number of nitrogens with one attached hydrogen (secondary N) is 1. The molecule has 0 aliphatic heterocycles. The molecule has 0 bridgehead atoms. The van der Waals surface area contributed by atoms with E-state index in [1.807, 2.05) is 36.4 Å². The highest BCUT2D eigenvalue weighted by molar-refractivity contribution is 5.95. The lowest BCUT2D eigenvalue weighted by Gasteiger charge is -2.05. The van der Waals surface area contributed by atoms with E-state index in [9.17, 15) is 4.79 Å². The summed E-state index contributed by atoms with van der Waals surface area (Å²) in [6.07, 6.45) is 4.96. The van der Waals surface area contributed by atoms with Gasteiger partial charge in [-0.25, -0.2) is 0 Å². The monoisotopic (exact) mass is 238 g/mol. The Balaban J connectivity index is 2.25. The van der Waals surface area contributed by atoms with Gasteiger partial charge in [-0.2, -0.15) is 0 Å². The highest BCUT2D eigenvalue weighted by Gasteiger charge is 2.06. The molecule has 3 nitrogen and oxygen atoms in total. The minimum Gasteiger partial charge on any atom is -0.349 e. The number of hydrogen-bond donors (Lipinski definition) is 1. The Bertz CT molecular complexity index is 549. The third-order valence-electron chi connectivity index (χ3n) is 2.51. The van der Waals surface area contributed by atoms with Gasteiger partial charge in [0.1, 0.15) is 0 Å². The summed E-state index contributed by atoms with van der Waals surface area (Å²) >= 11 is 0. The van der Waals surface area contributed by atoms with Crippen LogP contribution in [0, 0.1) is 0 Å². The van der Waals surface area contributed by atoms with Crippen LogP contribution < -0.4 is 5.32 Å². The summed E-state index contributed by atoms with van der Waals surface area (Å²) in [6, 6.07) is 11.7. The SMILES string of the molecule is C=CCNC(=O)c1cncc(-c2ccccc2)c1. The zero-order valence-corrected chi connectivity index (χ0v) is 9.97. The van der Waals surface area contributed by atoms with Gasteiger partial charge in [0.2, 0.25) is 0 Å². The van der Waals surface area contributed by atoms with Crippen LogP contribution in [0.15, 0.2) is 61.4 Å². The summed E-state index contributed by atoms with van der Waals surface area (Å²) in [5.41, 5.74) is 2.53. The predicted molar refractivity (Wildman–Crippen MR) is 72.2 cm³/mol. The molecular weight excluding hydrogens is 224 g/mol. The third-order valence-corrected chi connectivity index (χ3v) is 2.51. The number of rotatable bonds is 4. The second kappa shape index (κ2) is 5.77. The first-order valence-electron chi connectivity index (χ1n) is 5.71. The average Bonchev–Trinajstić information content (AvgIpc) is 2.46. The molecule has 0 atom stereocenters. The number of carbonyl (C=O) groups excluding carboxylic acids is 1. The highest BCUT2D eigenvalue weighted by atomic mass is 16.1. The van der Waals surface area contributed by atoms with Crippen molar-refractivity contribution in [3.63, 3.8) is 0 Å². The first-order chi connectivity index (χ1) is 8.81. The Morgan fingerprint density at radius 3 is 2.72 bits per heavy atom.